The number of hydrogen-bond acceptors (Lipinski definition) is 5. The number of H-pyrrole nitrogens is 2. The number of rotatable bonds is 4. The topological polar surface area (TPSA) is 104 Å². The summed E-state index contributed by atoms with van der Waals surface area (Å²) in [5.41, 5.74) is -0.432. The molecule has 5 rings (SSSR count). The molecule has 0 saturated heterocycles. The van der Waals surface area contributed by atoms with Crippen molar-refractivity contribution < 1.29 is 36.6 Å². The highest BCUT2D eigenvalue weighted by molar-refractivity contribution is 5.98. The van der Waals surface area contributed by atoms with Crippen LogP contribution in [-0.4, -0.2) is 40.4 Å². The van der Waals surface area contributed by atoms with Crippen LogP contribution in [0.25, 0.3) is 21.7 Å². The van der Waals surface area contributed by atoms with Crippen LogP contribution in [0.3, 0.4) is 0 Å². The second kappa shape index (κ2) is 9.28. The first-order chi connectivity index (χ1) is 18.0. The summed E-state index contributed by atoms with van der Waals surface area (Å²) in [6.45, 7) is 2.95. The maximum Gasteiger partial charge on any atom is 0.310 e. The zero-order valence-electron chi connectivity index (χ0n) is 20.3. The van der Waals surface area contributed by atoms with Crippen LogP contribution in [0.15, 0.2) is 35.1 Å². The van der Waals surface area contributed by atoms with Gasteiger partial charge in [0.2, 0.25) is 6.29 Å². The molecule has 1 amide bonds. The van der Waals surface area contributed by atoms with E-state index in [4.69, 9.17) is 9.47 Å². The summed E-state index contributed by atoms with van der Waals surface area (Å²) >= 11 is 0. The molecular formula is C26H21F4N3O5. The first kappa shape index (κ1) is 25.5. The molecule has 198 valence electrons. The van der Waals surface area contributed by atoms with E-state index in [1.165, 1.54) is 18.0 Å². The number of nitrogens with one attached hydrogen (secondary N) is 2. The van der Waals surface area contributed by atoms with Gasteiger partial charge in [-0.25, -0.2) is 17.6 Å². The van der Waals surface area contributed by atoms with Crippen LogP contribution >= 0.6 is 0 Å². The summed E-state index contributed by atoms with van der Waals surface area (Å²) < 4.78 is 66.8. The van der Waals surface area contributed by atoms with Gasteiger partial charge in [0.1, 0.15) is 5.69 Å². The molecule has 0 radical (unpaired) electrons. The van der Waals surface area contributed by atoms with Crippen molar-refractivity contribution in [2.24, 2.45) is 5.92 Å². The Hall–Kier alpha value is -4.19. The predicted molar refractivity (Wildman–Crippen MR) is 127 cm³/mol. The number of aromatic amines is 2. The Morgan fingerprint density at radius 1 is 0.974 bits per heavy atom. The molecule has 0 spiro atoms. The number of carbonyl (C=O) groups excluding carboxylic acids is 2. The van der Waals surface area contributed by atoms with Gasteiger partial charge in [-0.1, -0.05) is 13.8 Å². The van der Waals surface area contributed by atoms with Gasteiger partial charge in [0, 0.05) is 29.6 Å². The Kier molecular flexibility index (Phi) is 6.22. The average Bonchev–Trinajstić information content (AvgIpc) is 3.27. The molecule has 3 heterocycles. The molecule has 2 atom stereocenters. The Morgan fingerprint density at radius 2 is 1.61 bits per heavy atom. The van der Waals surface area contributed by atoms with Gasteiger partial charge in [0.05, 0.1) is 29.6 Å². The number of fused-ring (bicyclic) bond motifs is 4. The molecule has 4 aromatic rings. The summed E-state index contributed by atoms with van der Waals surface area (Å²) in [6, 6.07) is 3.83. The lowest BCUT2D eigenvalue weighted by Crippen LogP contribution is -2.39. The lowest BCUT2D eigenvalue weighted by atomic mass is 9.94. The molecule has 8 nitrogen and oxygen atoms in total. The van der Waals surface area contributed by atoms with Gasteiger partial charge in [-0.15, -0.1) is 0 Å². The van der Waals surface area contributed by atoms with E-state index in [1.54, 1.807) is 13.8 Å². The Bertz CT molecular complexity index is 1640. The lowest BCUT2D eigenvalue weighted by molar-refractivity contribution is -0.192. The smallest absolute Gasteiger partial charge is 0.310 e. The second-order valence-electron chi connectivity index (χ2n) is 9.32. The number of aromatic nitrogens is 2. The number of esters is 1. The van der Waals surface area contributed by atoms with Gasteiger partial charge in [0.15, 0.2) is 23.3 Å². The second-order valence-corrected chi connectivity index (χ2v) is 9.32. The molecular weight excluding hydrogens is 510 g/mol. The monoisotopic (exact) mass is 531 g/mol. The first-order valence-electron chi connectivity index (χ1n) is 11.6. The largest absolute Gasteiger partial charge is 0.429 e. The molecule has 1 aliphatic rings. The summed E-state index contributed by atoms with van der Waals surface area (Å²) in [7, 11) is 1.41. The Balaban J connectivity index is 1.63. The molecule has 1 aliphatic heterocycles. The van der Waals surface area contributed by atoms with Crippen LogP contribution in [-0.2, 0) is 14.3 Å². The summed E-state index contributed by atoms with van der Waals surface area (Å²) in [5.74, 6) is -6.41. The van der Waals surface area contributed by atoms with E-state index >= 15 is 0 Å². The van der Waals surface area contributed by atoms with E-state index in [-0.39, 0.29) is 45.2 Å². The summed E-state index contributed by atoms with van der Waals surface area (Å²) in [5, 5.41) is 0.0804. The maximum atomic E-state index is 14.3. The number of likely N-dealkylation sites (N-methyl/N-ethyl adjacent to an activating group) is 1. The van der Waals surface area contributed by atoms with Crippen molar-refractivity contribution in [1.29, 1.82) is 0 Å². The van der Waals surface area contributed by atoms with Gasteiger partial charge in [-0.3, -0.25) is 14.4 Å². The molecule has 2 aromatic heterocycles. The summed E-state index contributed by atoms with van der Waals surface area (Å²) in [4.78, 5) is 45.0. The highest BCUT2D eigenvalue weighted by atomic mass is 19.2. The number of nitrogens with zero attached hydrogens (tertiary/aromatic N) is 1. The van der Waals surface area contributed by atoms with Gasteiger partial charge in [-0.05, 0) is 29.7 Å². The van der Waals surface area contributed by atoms with Crippen molar-refractivity contribution in [2.45, 2.75) is 26.2 Å². The summed E-state index contributed by atoms with van der Waals surface area (Å²) in [6.07, 6.45) is -1.37. The Morgan fingerprint density at radius 3 is 2.29 bits per heavy atom. The van der Waals surface area contributed by atoms with Gasteiger partial charge < -0.3 is 24.3 Å². The number of carbonyl (C=O) groups is 2. The fourth-order valence-electron chi connectivity index (χ4n) is 4.46. The van der Waals surface area contributed by atoms with Crippen LogP contribution in [0.4, 0.5) is 17.6 Å². The number of ether oxygens (including phenoxy) is 2. The number of hydrogen-bond donors (Lipinski definition) is 2. The normalized spacial score (nSPS) is 17.2. The van der Waals surface area contributed by atoms with E-state index in [0.29, 0.717) is 0 Å². The number of pyridine rings is 1. The van der Waals surface area contributed by atoms with Crippen LogP contribution in [0.1, 0.15) is 47.9 Å². The zero-order chi connectivity index (χ0) is 27.5. The predicted octanol–water partition coefficient (Wildman–Crippen LogP) is 4.61. The third-order valence-electron chi connectivity index (χ3n) is 6.48. The highest BCUT2D eigenvalue weighted by Gasteiger charge is 2.38. The van der Waals surface area contributed by atoms with E-state index in [2.05, 4.69) is 9.97 Å². The zero-order valence-corrected chi connectivity index (χ0v) is 20.3. The van der Waals surface area contributed by atoms with Crippen molar-refractivity contribution in [3.8, 4) is 0 Å². The number of benzene rings is 2. The molecule has 0 bridgehead atoms. The van der Waals surface area contributed by atoms with E-state index < -0.39 is 59.0 Å². The molecule has 0 saturated carbocycles. The third-order valence-corrected chi connectivity index (χ3v) is 6.48. The third kappa shape index (κ3) is 4.20. The molecule has 0 fully saturated rings. The minimum Gasteiger partial charge on any atom is -0.429 e. The van der Waals surface area contributed by atoms with Crippen LogP contribution < -0.4 is 5.56 Å². The van der Waals surface area contributed by atoms with Crippen molar-refractivity contribution >= 4 is 33.6 Å². The van der Waals surface area contributed by atoms with E-state index in [0.717, 1.165) is 24.3 Å². The van der Waals surface area contributed by atoms with Gasteiger partial charge in [0.25, 0.3) is 11.5 Å². The number of amides is 1. The minimum absolute atomic E-state index is 0.00184. The van der Waals surface area contributed by atoms with E-state index in [9.17, 15) is 31.9 Å². The van der Waals surface area contributed by atoms with Crippen molar-refractivity contribution in [3.05, 3.63) is 80.9 Å². The average molecular weight is 531 g/mol. The van der Waals surface area contributed by atoms with E-state index in [1.807, 2.05) is 0 Å². The van der Waals surface area contributed by atoms with Gasteiger partial charge in [-0.2, -0.15) is 0 Å². The fraction of sp³-hybridized carbons (Fsp3) is 0.269. The highest BCUT2D eigenvalue weighted by Crippen LogP contribution is 2.39. The van der Waals surface area contributed by atoms with Crippen molar-refractivity contribution in [2.75, 3.05) is 13.7 Å². The van der Waals surface area contributed by atoms with Gasteiger partial charge >= 0.3 is 5.97 Å². The first-order valence-corrected chi connectivity index (χ1v) is 11.6. The lowest BCUT2D eigenvalue weighted by Gasteiger charge is -2.36. The quantitative estimate of drug-likeness (QED) is 0.296. The van der Waals surface area contributed by atoms with Crippen LogP contribution in [0.2, 0.25) is 0 Å². The number of halogens is 4. The Labute approximate surface area is 212 Å². The standard InChI is InChI=1S/C26H21F4N3O5/c1-10(2)25(36)38-26-22-21(12-6-15(28)16(29)7-13(12)23(34)32-22)20(9-37-26)33(3)24(35)19-5-11-4-14(27)17(30)8-18(11)31-19/h4-8,10,20,26,31H,9H2,1-3H3,(H,32,34). The van der Waals surface area contributed by atoms with Crippen LogP contribution in [0, 0.1) is 29.2 Å². The molecule has 2 aromatic carbocycles. The molecule has 2 unspecified atom stereocenters. The molecule has 2 N–H and O–H groups in total. The molecule has 12 heteroatoms. The van der Waals surface area contributed by atoms with Crippen LogP contribution in [0.5, 0.6) is 0 Å². The minimum atomic E-state index is -1.37. The van der Waals surface area contributed by atoms with Crippen molar-refractivity contribution in [3.63, 3.8) is 0 Å². The molecule has 0 aliphatic carbocycles. The molecule has 38 heavy (non-hydrogen) atoms. The SMILES string of the molecule is CC(C)C(=O)OC1OCC(N(C)C(=O)c2cc3cc(F)c(F)cc3[nH]2)c2c1[nH]c(=O)c1cc(F)c(F)cc21. The fourth-order valence-corrected chi connectivity index (χ4v) is 4.46. The van der Waals surface area contributed by atoms with Crippen molar-refractivity contribution in [1.82, 2.24) is 14.9 Å². The maximum absolute atomic E-state index is 14.3.